The number of hydrogen-bond acceptors (Lipinski definition) is 6. The van der Waals surface area contributed by atoms with E-state index >= 15 is 0 Å². The molecule has 5 nitrogen and oxygen atoms in total. The van der Waals surface area contributed by atoms with Crippen LogP contribution < -0.4 is 10.6 Å². The van der Waals surface area contributed by atoms with E-state index in [-0.39, 0.29) is 0 Å². The summed E-state index contributed by atoms with van der Waals surface area (Å²) in [6.45, 7) is 3.39. The van der Waals surface area contributed by atoms with E-state index in [1.54, 1.807) is 11.3 Å². The molecule has 0 spiro atoms. The normalized spacial score (nSPS) is 17.3. The highest BCUT2D eigenvalue weighted by Gasteiger charge is 2.16. The van der Waals surface area contributed by atoms with Crippen molar-refractivity contribution in [2.24, 2.45) is 0 Å². The van der Waals surface area contributed by atoms with Crippen LogP contribution in [0.3, 0.4) is 0 Å². The Hall–Kier alpha value is -1.40. The van der Waals surface area contributed by atoms with Gasteiger partial charge in [-0.1, -0.05) is 0 Å². The highest BCUT2D eigenvalue weighted by molar-refractivity contribution is 7.16. The van der Waals surface area contributed by atoms with Crippen molar-refractivity contribution < 1.29 is 4.74 Å². The predicted octanol–water partition coefficient (Wildman–Crippen LogP) is 1.50. The lowest BCUT2D eigenvalue weighted by atomic mass is 10.3. The first kappa shape index (κ1) is 10.7. The zero-order valence-corrected chi connectivity index (χ0v) is 10.2. The fourth-order valence-corrected chi connectivity index (χ4v) is 2.82. The van der Waals surface area contributed by atoms with Crippen LogP contribution in [0.1, 0.15) is 6.42 Å². The van der Waals surface area contributed by atoms with Crippen molar-refractivity contribution in [3.8, 4) is 0 Å². The summed E-state index contributed by atoms with van der Waals surface area (Å²) in [5.74, 6) is 1.29. The van der Waals surface area contributed by atoms with Gasteiger partial charge in [0.25, 0.3) is 0 Å². The van der Waals surface area contributed by atoms with Crippen LogP contribution in [0.4, 0.5) is 11.8 Å². The Bertz CT molecular complexity index is 519. The van der Waals surface area contributed by atoms with Crippen LogP contribution in [0.15, 0.2) is 11.4 Å². The largest absolute Gasteiger partial charge is 0.380 e. The topological polar surface area (TPSA) is 64.3 Å². The van der Waals surface area contributed by atoms with Gasteiger partial charge >= 0.3 is 0 Å². The van der Waals surface area contributed by atoms with Crippen molar-refractivity contribution in [2.45, 2.75) is 6.42 Å². The van der Waals surface area contributed by atoms with Gasteiger partial charge in [0, 0.05) is 19.7 Å². The lowest BCUT2D eigenvalue weighted by Crippen LogP contribution is -2.27. The maximum absolute atomic E-state index is 5.76. The van der Waals surface area contributed by atoms with Gasteiger partial charge in [0.15, 0.2) is 0 Å². The Kier molecular flexibility index (Phi) is 2.82. The third-order valence-corrected chi connectivity index (χ3v) is 3.65. The maximum atomic E-state index is 5.76. The Morgan fingerprint density at radius 1 is 1.29 bits per heavy atom. The van der Waals surface area contributed by atoms with Crippen molar-refractivity contribution in [3.63, 3.8) is 0 Å². The number of nitrogens with zero attached hydrogens (tertiary/aromatic N) is 3. The fraction of sp³-hybridized carbons (Fsp3) is 0.455. The summed E-state index contributed by atoms with van der Waals surface area (Å²) in [7, 11) is 0. The molecule has 90 valence electrons. The number of rotatable bonds is 1. The van der Waals surface area contributed by atoms with Crippen LogP contribution in [0.2, 0.25) is 0 Å². The van der Waals surface area contributed by atoms with Crippen LogP contribution >= 0.6 is 11.3 Å². The molecule has 0 bridgehead atoms. The van der Waals surface area contributed by atoms with Gasteiger partial charge in [-0.2, -0.15) is 4.98 Å². The fourth-order valence-electron chi connectivity index (χ4n) is 2.05. The van der Waals surface area contributed by atoms with E-state index in [0.717, 1.165) is 48.8 Å². The van der Waals surface area contributed by atoms with Gasteiger partial charge in [-0.3, -0.25) is 0 Å². The van der Waals surface area contributed by atoms with Crippen LogP contribution in [-0.4, -0.2) is 36.3 Å². The predicted molar refractivity (Wildman–Crippen MR) is 69.5 cm³/mol. The molecule has 1 aliphatic heterocycles. The van der Waals surface area contributed by atoms with Gasteiger partial charge in [-0.15, -0.1) is 11.3 Å². The highest BCUT2D eigenvalue weighted by Crippen LogP contribution is 2.28. The van der Waals surface area contributed by atoms with Crippen LogP contribution in [0.25, 0.3) is 10.2 Å². The molecule has 1 fully saturated rings. The van der Waals surface area contributed by atoms with Gasteiger partial charge < -0.3 is 15.4 Å². The molecule has 1 saturated heterocycles. The molecular formula is C11H14N4OS. The van der Waals surface area contributed by atoms with Crippen LogP contribution in [0.5, 0.6) is 0 Å². The van der Waals surface area contributed by atoms with Gasteiger partial charge in [-0.05, 0) is 17.9 Å². The van der Waals surface area contributed by atoms with Crippen molar-refractivity contribution >= 4 is 33.3 Å². The lowest BCUT2D eigenvalue weighted by Gasteiger charge is -2.21. The Morgan fingerprint density at radius 2 is 2.24 bits per heavy atom. The van der Waals surface area contributed by atoms with E-state index in [1.165, 1.54) is 0 Å². The molecule has 0 unspecified atom stereocenters. The van der Waals surface area contributed by atoms with Crippen LogP contribution in [-0.2, 0) is 4.74 Å². The first-order valence-electron chi connectivity index (χ1n) is 5.68. The van der Waals surface area contributed by atoms with E-state index in [0.29, 0.717) is 5.95 Å². The van der Waals surface area contributed by atoms with Gasteiger partial charge in [0.1, 0.15) is 10.6 Å². The van der Waals surface area contributed by atoms with Gasteiger partial charge in [-0.25, -0.2) is 4.98 Å². The summed E-state index contributed by atoms with van der Waals surface area (Å²) >= 11 is 1.60. The number of nitrogen functional groups attached to an aromatic ring is 1. The average molecular weight is 250 g/mol. The molecule has 6 heteroatoms. The molecule has 2 aromatic heterocycles. The van der Waals surface area contributed by atoms with Crippen molar-refractivity contribution in [3.05, 3.63) is 11.4 Å². The van der Waals surface area contributed by atoms with Crippen molar-refractivity contribution in [2.75, 3.05) is 36.9 Å². The second-order valence-electron chi connectivity index (χ2n) is 4.00. The zero-order valence-electron chi connectivity index (χ0n) is 9.43. The Morgan fingerprint density at radius 3 is 3.18 bits per heavy atom. The number of hydrogen-bond donors (Lipinski definition) is 1. The van der Waals surface area contributed by atoms with Gasteiger partial charge in [0.2, 0.25) is 5.95 Å². The summed E-state index contributed by atoms with van der Waals surface area (Å²) in [4.78, 5) is 11.8. The minimum absolute atomic E-state index is 0.347. The summed E-state index contributed by atoms with van der Waals surface area (Å²) in [6, 6.07) is 2.06. The number of aromatic nitrogens is 2. The summed E-state index contributed by atoms with van der Waals surface area (Å²) in [5, 5.41) is 3.11. The van der Waals surface area contributed by atoms with Gasteiger partial charge in [0.05, 0.1) is 12.0 Å². The number of thiophene rings is 1. The summed E-state index contributed by atoms with van der Waals surface area (Å²) in [5.41, 5.74) is 5.76. The van der Waals surface area contributed by atoms with Crippen LogP contribution in [0, 0.1) is 0 Å². The second-order valence-corrected chi connectivity index (χ2v) is 4.89. The smallest absolute Gasteiger partial charge is 0.223 e. The number of fused-ring (bicyclic) bond motifs is 1. The molecule has 0 atom stereocenters. The van der Waals surface area contributed by atoms with Crippen molar-refractivity contribution in [1.29, 1.82) is 0 Å². The van der Waals surface area contributed by atoms with E-state index in [9.17, 15) is 0 Å². The summed E-state index contributed by atoms with van der Waals surface area (Å²) < 4.78 is 5.46. The third kappa shape index (κ3) is 2.05. The molecule has 0 amide bonds. The number of ether oxygens (including phenoxy) is 1. The minimum atomic E-state index is 0.347. The molecule has 1 aliphatic rings. The minimum Gasteiger partial charge on any atom is -0.380 e. The van der Waals surface area contributed by atoms with E-state index in [4.69, 9.17) is 10.5 Å². The monoisotopic (exact) mass is 250 g/mol. The lowest BCUT2D eigenvalue weighted by molar-refractivity contribution is 0.152. The Labute approximate surface area is 103 Å². The first-order chi connectivity index (χ1) is 8.34. The maximum Gasteiger partial charge on any atom is 0.223 e. The molecule has 2 aromatic rings. The molecule has 2 N–H and O–H groups in total. The van der Waals surface area contributed by atoms with E-state index < -0.39 is 0 Å². The highest BCUT2D eigenvalue weighted by atomic mass is 32.1. The SMILES string of the molecule is Nc1nc(N2CCCOCC2)c2ccsc2n1. The molecular weight excluding hydrogens is 236 g/mol. The number of anilines is 2. The number of nitrogens with two attached hydrogens (primary N) is 1. The molecule has 3 rings (SSSR count). The third-order valence-electron chi connectivity index (χ3n) is 2.84. The Balaban J connectivity index is 2.05. The summed E-state index contributed by atoms with van der Waals surface area (Å²) in [6.07, 6.45) is 1.02. The van der Waals surface area contributed by atoms with E-state index in [1.807, 2.05) is 5.38 Å². The quantitative estimate of drug-likeness (QED) is 0.831. The molecule has 17 heavy (non-hydrogen) atoms. The standard InChI is InChI=1S/C11H14N4OS/c12-11-13-9(8-2-7-17-10(8)14-11)15-3-1-5-16-6-4-15/h2,7H,1,3-6H2,(H2,12,13,14). The molecule has 0 aliphatic carbocycles. The van der Waals surface area contributed by atoms with E-state index in [2.05, 4.69) is 20.9 Å². The molecule has 3 heterocycles. The van der Waals surface area contributed by atoms with Crippen molar-refractivity contribution in [1.82, 2.24) is 9.97 Å². The first-order valence-corrected chi connectivity index (χ1v) is 6.56. The zero-order chi connectivity index (χ0) is 11.7. The molecule has 0 radical (unpaired) electrons. The second kappa shape index (κ2) is 4.46. The molecule has 0 saturated carbocycles. The molecule has 0 aromatic carbocycles. The average Bonchev–Trinajstić information content (AvgIpc) is 2.62.